The van der Waals surface area contributed by atoms with E-state index >= 15 is 0 Å². The highest BCUT2D eigenvalue weighted by molar-refractivity contribution is 5.85. The van der Waals surface area contributed by atoms with Crippen molar-refractivity contribution in [2.75, 3.05) is 26.3 Å². The third kappa shape index (κ3) is 4.61. The van der Waals surface area contributed by atoms with Crippen molar-refractivity contribution >= 4 is 18.3 Å². The van der Waals surface area contributed by atoms with E-state index in [-0.39, 0.29) is 24.4 Å². The summed E-state index contributed by atoms with van der Waals surface area (Å²) in [7, 11) is 0. The minimum atomic E-state index is -0.318. The first-order valence-corrected chi connectivity index (χ1v) is 7.84. The Labute approximate surface area is 128 Å². The number of nitrogens with zero attached hydrogens (tertiary/aromatic N) is 1. The highest BCUT2D eigenvalue weighted by Crippen LogP contribution is 2.23. The topological polar surface area (TPSA) is 55.6 Å². The lowest BCUT2D eigenvalue weighted by atomic mass is 9.91. The molecule has 4 nitrogen and oxygen atoms in total. The molecule has 2 rings (SSSR count). The van der Waals surface area contributed by atoms with E-state index < -0.39 is 0 Å². The summed E-state index contributed by atoms with van der Waals surface area (Å²) in [6.07, 6.45) is 6.62. The number of hydrogen-bond donors (Lipinski definition) is 1. The highest BCUT2D eigenvalue weighted by Gasteiger charge is 2.30. The van der Waals surface area contributed by atoms with Gasteiger partial charge in [0.05, 0.1) is 6.04 Å². The van der Waals surface area contributed by atoms with Crippen LogP contribution in [-0.4, -0.2) is 43.2 Å². The molecule has 0 spiro atoms. The van der Waals surface area contributed by atoms with Gasteiger partial charge in [-0.3, -0.25) is 4.79 Å². The highest BCUT2D eigenvalue weighted by atomic mass is 35.5. The summed E-state index contributed by atoms with van der Waals surface area (Å²) in [5.74, 6) is 1.27. The van der Waals surface area contributed by atoms with Gasteiger partial charge in [0.15, 0.2) is 0 Å². The third-order valence-electron chi connectivity index (χ3n) is 4.80. The van der Waals surface area contributed by atoms with Crippen molar-refractivity contribution in [3.05, 3.63) is 0 Å². The van der Waals surface area contributed by atoms with E-state index in [9.17, 15) is 4.79 Å². The van der Waals surface area contributed by atoms with Crippen molar-refractivity contribution in [2.45, 2.75) is 51.5 Å². The largest absolute Gasteiger partial charge is 0.381 e. The molecule has 118 valence electrons. The molecular weight excluding hydrogens is 276 g/mol. The van der Waals surface area contributed by atoms with Crippen LogP contribution in [0.15, 0.2) is 0 Å². The van der Waals surface area contributed by atoms with E-state index in [0.717, 1.165) is 57.9 Å². The van der Waals surface area contributed by atoms with Crippen LogP contribution in [0.2, 0.25) is 0 Å². The first kappa shape index (κ1) is 17.7. The number of ether oxygens (including phenoxy) is 1. The lowest BCUT2D eigenvalue weighted by Crippen LogP contribution is -2.49. The molecule has 2 heterocycles. The number of rotatable bonds is 3. The Morgan fingerprint density at radius 3 is 2.60 bits per heavy atom. The summed E-state index contributed by atoms with van der Waals surface area (Å²) in [5, 5.41) is 0. The lowest BCUT2D eigenvalue weighted by Gasteiger charge is -2.31. The maximum atomic E-state index is 12.5. The SMILES string of the molecule is CCC1CCCN(C(=O)C(N)C2CCOCC2)CC1.Cl. The fraction of sp³-hybridized carbons (Fsp3) is 0.933. The Balaban J connectivity index is 0.00000200. The maximum Gasteiger partial charge on any atom is 0.239 e. The quantitative estimate of drug-likeness (QED) is 0.869. The van der Waals surface area contributed by atoms with E-state index in [1.54, 1.807) is 0 Å². The first-order valence-electron chi connectivity index (χ1n) is 7.84. The Morgan fingerprint density at radius 2 is 1.95 bits per heavy atom. The van der Waals surface area contributed by atoms with Crippen LogP contribution in [-0.2, 0) is 9.53 Å². The molecule has 0 aromatic rings. The van der Waals surface area contributed by atoms with Crippen LogP contribution in [0.4, 0.5) is 0 Å². The number of likely N-dealkylation sites (tertiary alicyclic amines) is 1. The minimum absolute atomic E-state index is 0. The molecule has 0 radical (unpaired) electrons. The van der Waals surface area contributed by atoms with E-state index in [0.29, 0.717) is 5.92 Å². The third-order valence-corrected chi connectivity index (χ3v) is 4.80. The second-order valence-corrected chi connectivity index (χ2v) is 6.01. The smallest absolute Gasteiger partial charge is 0.239 e. The van der Waals surface area contributed by atoms with Gasteiger partial charge in [0.2, 0.25) is 5.91 Å². The van der Waals surface area contributed by atoms with Gasteiger partial charge in [-0.15, -0.1) is 12.4 Å². The predicted molar refractivity (Wildman–Crippen MR) is 83.0 cm³/mol. The molecule has 2 N–H and O–H groups in total. The average molecular weight is 305 g/mol. The number of amides is 1. The van der Waals surface area contributed by atoms with Gasteiger partial charge >= 0.3 is 0 Å². The van der Waals surface area contributed by atoms with Gasteiger partial charge in [-0.05, 0) is 43.9 Å². The van der Waals surface area contributed by atoms with E-state index in [2.05, 4.69) is 6.92 Å². The van der Waals surface area contributed by atoms with Crippen LogP contribution in [0.5, 0.6) is 0 Å². The van der Waals surface area contributed by atoms with Crippen LogP contribution in [0.1, 0.15) is 45.4 Å². The first-order chi connectivity index (χ1) is 9.22. The standard InChI is InChI=1S/C15H28N2O2.ClH/c1-2-12-4-3-8-17(9-5-12)15(18)14(16)13-6-10-19-11-7-13;/h12-14H,2-11,16H2,1H3;1H. The zero-order valence-electron chi connectivity index (χ0n) is 12.6. The molecule has 1 amide bonds. The van der Waals surface area contributed by atoms with Crippen LogP contribution in [0.25, 0.3) is 0 Å². The van der Waals surface area contributed by atoms with Crippen molar-refractivity contribution in [3.8, 4) is 0 Å². The van der Waals surface area contributed by atoms with Gasteiger partial charge in [-0.25, -0.2) is 0 Å². The fourth-order valence-corrected chi connectivity index (χ4v) is 3.28. The summed E-state index contributed by atoms with van der Waals surface area (Å²) < 4.78 is 5.34. The normalized spacial score (nSPS) is 26.5. The van der Waals surface area contributed by atoms with Crippen molar-refractivity contribution in [3.63, 3.8) is 0 Å². The molecule has 5 heteroatoms. The number of nitrogens with two attached hydrogens (primary N) is 1. The minimum Gasteiger partial charge on any atom is -0.381 e. The van der Waals surface area contributed by atoms with Crippen LogP contribution < -0.4 is 5.73 Å². The second kappa shape index (κ2) is 8.85. The predicted octanol–water partition coefficient (Wildman–Crippen LogP) is 2.20. The fourth-order valence-electron chi connectivity index (χ4n) is 3.28. The number of hydrogen-bond acceptors (Lipinski definition) is 3. The molecule has 0 aromatic heterocycles. The van der Waals surface area contributed by atoms with Gasteiger partial charge in [0, 0.05) is 26.3 Å². The summed E-state index contributed by atoms with van der Waals surface area (Å²) in [6, 6.07) is -0.318. The van der Waals surface area contributed by atoms with Gasteiger partial charge in [0.25, 0.3) is 0 Å². The molecule has 2 aliphatic heterocycles. The number of halogens is 1. The van der Waals surface area contributed by atoms with Crippen molar-refractivity contribution in [2.24, 2.45) is 17.6 Å². The zero-order valence-corrected chi connectivity index (χ0v) is 13.4. The summed E-state index contributed by atoms with van der Waals surface area (Å²) in [5.41, 5.74) is 6.19. The van der Waals surface area contributed by atoms with E-state index in [1.165, 1.54) is 12.8 Å². The molecule has 20 heavy (non-hydrogen) atoms. The summed E-state index contributed by atoms with van der Waals surface area (Å²) in [4.78, 5) is 14.5. The van der Waals surface area contributed by atoms with Crippen LogP contribution >= 0.6 is 12.4 Å². The molecular formula is C15H29ClN2O2. The van der Waals surface area contributed by atoms with E-state index in [1.807, 2.05) is 4.90 Å². The molecule has 0 aromatic carbocycles. The summed E-state index contributed by atoms with van der Waals surface area (Å²) in [6.45, 7) is 5.55. The van der Waals surface area contributed by atoms with Gasteiger partial charge < -0.3 is 15.4 Å². The monoisotopic (exact) mass is 304 g/mol. The zero-order chi connectivity index (χ0) is 13.7. The molecule has 0 aliphatic carbocycles. The lowest BCUT2D eigenvalue weighted by molar-refractivity contribution is -0.134. The number of carbonyl (C=O) groups excluding carboxylic acids is 1. The van der Waals surface area contributed by atoms with E-state index in [4.69, 9.17) is 10.5 Å². The molecule has 2 atom stereocenters. The van der Waals surface area contributed by atoms with Gasteiger partial charge in [-0.2, -0.15) is 0 Å². The van der Waals surface area contributed by atoms with Gasteiger partial charge in [-0.1, -0.05) is 13.3 Å². The molecule has 0 bridgehead atoms. The molecule has 2 saturated heterocycles. The van der Waals surface area contributed by atoms with Gasteiger partial charge in [0.1, 0.15) is 0 Å². The maximum absolute atomic E-state index is 12.5. The Morgan fingerprint density at radius 1 is 1.25 bits per heavy atom. The molecule has 2 unspecified atom stereocenters. The molecule has 2 fully saturated rings. The molecule has 2 aliphatic rings. The van der Waals surface area contributed by atoms with Crippen LogP contribution in [0, 0.1) is 11.8 Å². The molecule has 0 saturated carbocycles. The Bertz CT molecular complexity index is 296. The average Bonchev–Trinajstić information content (AvgIpc) is 2.72. The van der Waals surface area contributed by atoms with Crippen LogP contribution in [0.3, 0.4) is 0 Å². The Hall–Kier alpha value is -0.320. The van der Waals surface area contributed by atoms with Crippen molar-refractivity contribution < 1.29 is 9.53 Å². The van der Waals surface area contributed by atoms with Crippen molar-refractivity contribution in [1.82, 2.24) is 4.90 Å². The Kier molecular flexibility index (Phi) is 7.85. The van der Waals surface area contributed by atoms with Crippen molar-refractivity contribution in [1.29, 1.82) is 0 Å². The second-order valence-electron chi connectivity index (χ2n) is 6.01. The number of carbonyl (C=O) groups is 1. The summed E-state index contributed by atoms with van der Waals surface area (Å²) >= 11 is 0.